The highest BCUT2D eigenvalue weighted by molar-refractivity contribution is 7.15. The second kappa shape index (κ2) is 6.72. The van der Waals surface area contributed by atoms with Gasteiger partial charge in [0.15, 0.2) is 4.47 Å². The molecular weight excluding hydrogens is 294 g/mol. The molecule has 6 heteroatoms. The third-order valence-corrected chi connectivity index (χ3v) is 3.44. The zero-order valence-corrected chi connectivity index (χ0v) is 11.8. The van der Waals surface area contributed by atoms with Gasteiger partial charge in [0.05, 0.1) is 4.88 Å². The first-order chi connectivity index (χ1) is 9.72. The number of halogens is 1. The molecule has 0 radical (unpaired) electrons. The fraction of sp³-hybridized carbons (Fsp3) is 0.0714. The van der Waals surface area contributed by atoms with Gasteiger partial charge in [0, 0.05) is 11.8 Å². The average Bonchev–Trinajstić information content (AvgIpc) is 2.89. The van der Waals surface area contributed by atoms with Crippen LogP contribution in [0.5, 0.6) is 5.75 Å². The molecule has 0 aliphatic carbocycles. The van der Waals surface area contributed by atoms with Crippen LogP contribution in [0.3, 0.4) is 0 Å². The van der Waals surface area contributed by atoms with E-state index in [1.54, 1.807) is 18.3 Å². The van der Waals surface area contributed by atoms with Gasteiger partial charge in [0.2, 0.25) is 0 Å². The Balaban J connectivity index is 2.19. The van der Waals surface area contributed by atoms with E-state index in [1.807, 2.05) is 24.3 Å². The fourth-order valence-electron chi connectivity index (χ4n) is 1.48. The zero-order chi connectivity index (χ0) is 14.4. The monoisotopic (exact) mass is 301 g/mol. The number of ether oxygens (including phenoxy) is 1. The summed E-state index contributed by atoms with van der Waals surface area (Å²) < 4.78 is 6.14. The lowest BCUT2D eigenvalue weighted by molar-refractivity contribution is 0.309. The molecular formula is C14H8ClN3OS. The van der Waals surface area contributed by atoms with Gasteiger partial charge in [-0.05, 0) is 12.1 Å². The van der Waals surface area contributed by atoms with E-state index >= 15 is 0 Å². The Morgan fingerprint density at radius 2 is 2.10 bits per heavy atom. The molecule has 2 aromatic rings. The molecule has 0 atom stereocenters. The predicted molar refractivity (Wildman–Crippen MR) is 77.1 cm³/mol. The van der Waals surface area contributed by atoms with E-state index in [0.29, 0.717) is 22.4 Å². The molecule has 0 saturated heterocycles. The molecule has 0 spiro atoms. The van der Waals surface area contributed by atoms with Crippen molar-refractivity contribution in [3.05, 3.63) is 50.9 Å². The molecule has 98 valence electrons. The summed E-state index contributed by atoms with van der Waals surface area (Å²) in [5.74, 6) is 0.597. The summed E-state index contributed by atoms with van der Waals surface area (Å²) in [5.41, 5.74) is 0.711. The highest BCUT2D eigenvalue weighted by atomic mass is 35.5. The SMILES string of the molecule is N#CC(C#N)=Cc1ccccc1OCc1cnc(Cl)s1. The summed E-state index contributed by atoms with van der Waals surface area (Å²) >= 11 is 7.10. The lowest BCUT2D eigenvalue weighted by atomic mass is 10.1. The minimum atomic E-state index is 0.0295. The number of rotatable bonds is 4. The molecule has 4 nitrogen and oxygen atoms in total. The molecule has 1 aromatic carbocycles. The third kappa shape index (κ3) is 3.58. The number of para-hydroxylation sites is 1. The predicted octanol–water partition coefficient (Wildman–Crippen LogP) is 3.81. The topological polar surface area (TPSA) is 69.7 Å². The lowest BCUT2D eigenvalue weighted by Gasteiger charge is -2.07. The summed E-state index contributed by atoms with van der Waals surface area (Å²) in [6.45, 7) is 0.337. The molecule has 2 rings (SSSR count). The first-order valence-electron chi connectivity index (χ1n) is 5.57. The van der Waals surface area contributed by atoms with Crippen molar-refractivity contribution in [1.29, 1.82) is 10.5 Å². The normalized spacial score (nSPS) is 9.35. The lowest BCUT2D eigenvalue weighted by Crippen LogP contribution is -1.95. The van der Waals surface area contributed by atoms with Gasteiger partial charge in [0.25, 0.3) is 0 Å². The molecule has 0 saturated carbocycles. The maximum atomic E-state index is 8.79. The van der Waals surface area contributed by atoms with Gasteiger partial charge in [-0.15, -0.1) is 11.3 Å². The van der Waals surface area contributed by atoms with E-state index in [4.69, 9.17) is 26.9 Å². The first kappa shape index (κ1) is 14.1. The van der Waals surface area contributed by atoms with Crippen LogP contribution in [0.2, 0.25) is 4.47 Å². The van der Waals surface area contributed by atoms with E-state index in [2.05, 4.69) is 4.98 Å². The summed E-state index contributed by atoms with van der Waals surface area (Å²) in [5, 5.41) is 17.6. The minimum absolute atomic E-state index is 0.0295. The van der Waals surface area contributed by atoms with Gasteiger partial charge < -0.3 is 4.74 Å². The highest BCUT2D eigenvalue weighted by Gasteiger charge is 2.05. The molecule has 0 fully saturated rings. The number of hydrogen-bond acceptors (Lipinski definition) is 5. The third-order valence-electron chi connectivity index (χ3n) is 2.36. The summed E-state index contributed by atoms with van der Waals surface area (Å²) in [7, 11) is 0. The van der Waals surface area contributed by atoms with Crippen LogP contribution in [0.25, 0.3) is 6.08 Å². The molecule has 0 amide bonds. The number of nitriles is 2. The molecule has 0 aliphatic heterocycles. The Kier molecular flexibility index (Phi) is 4.73. The van der Waals surface area contributed by atoms with Gasteiger partial charge in [-0.3, -0.25) is 0 Å². The van der Waals surface area contributed by atoms with Crippen molar-refractivity contribution < 1.29 is 4.74 Å². The summed E-state index contributed by atoms with van der Waals surface area (Å²) in [6, 6.07) is 10.8. The van der Waals surface area contributed by atoms with Crippen LogP contribution < -0.4 is 4.74 Å². The maximum absolute atomic E-state index is 8.79. The van der Waals surface area contributed by atoms with Crippen molar-refractivity contribution in [1.82, 2.24) is 4.98 Å². The van der Waals surface area contributed by atoms with Crippen LogP contribution in [-0.2, 0) is 6.61 Å². The van der Waals surface area contributed by atoms with E-state index in [0.717, 1.165) is 4.88 Å². The Bertz CT molecular complexity index is 709. The molecule has 0 aliphatic rings. The van der Waals surface area contributed by atoms with Gasteiger partial charge in [-0.1, -0.05) is 29.8 Å². The number of benzene rings is 1. The molecule has 0 unspecified atom stereocenters. The van der Waals surface area contributed by atoms with Crippen LogP contribution in [0.1, 0.15) is 10.4 Å². The quantitative estimate of drug-likeness (QED) is 0.805. The number of aromatic nitrogens is 1. The first-order valence-corrected chi connectivity index (χ1v) is 6.76. The van der Waals surface area contributed by atoms with Crippen molar-refractivity contribution >= 4 is 29.0 Å². The largest absolute Gasteiger partial charge is 0.487 e. The van der Waals surface area contributed by atoms with Crippen molar-refractivity contribution in [3.63, 3.8) is 0 Å². The number of allylic oxidation sites excluding steroid dienone is 1. The van der Waals surface area contributed by atoms with Crippen LogP contribution in [0.15, 0.2) is 36.0 Å². The number of hydrogen-bond donors (Lipinski definition) is 0. The van der Waals surface area contributed by atoms with Crippen LogP contribution in [-0.4, -0.2) is 4.98 Å². The van der Waals surface area contributed by atoms with Crippen LogP contribution in [0.4, 0.5) is 0 Å². The van der Waals surface area contributed by atoms with E-state index < -0.39 is 0 Å². The summed E-state index contributed by atoms with van der Waals surface area (Å²) in [4.78, 5) is 4.83. The van der Waals surface area contributed by atoms with Gasteiger partial charge >= 0.3 is 0 Å². The Labute approximate surface area is 125 Å². The Morgan fingerprint density at radius 1 is 1.35 bits per heavy atom. The molecule has 1 heterocycles. The van der Waals surface area contributed by atoms with Gasteiger partial charge in [-0.25, -0.2) is 4.98 Å². The standard InChI is InChI=1S/C14H8ClN3OS/c15-14-18-8-12(20-14)9-19-13-4-2-1-3-11(13)5-10(6-16)7-17/h1-5,8H,9H2. The molecule has 1 aromatic heterocycles. The number of thiazole rings is 1. The smallest absolute Gasteiger partial charge is 0.183 e. The Hall–Kier alpha value is -2.34. The van der Waals surface area contributed by atoms with Crippen molar-refractivity contribution in [2.45, 2.75) is 6.61 Å². The van der Waals surface area contributed by atoms with Crippen molar-refractivity contribution in [2.75, 3.05) is 0 Å². The molecule has 0 N–H and O–H groups in total. The van der Waals surface area contributed by atoms with Crippen LogP contribution in [0, 0.1) is 22.7 Å². The van der Waals surface area contributed by atoms with Gasteiger partial charge in [-0.2, -0.15) is 10.5 Å². The van der Waals surface area contributed by atoms with Gasteiger partial charge in [0.1, 0.15) is 30.1 Å². The highest BCUT2D eigenvalue weighted by Crippen LogP contribution is 2.24. The maximum Gasteiger partial charge on any atom is 0.183 e. The van der Waals surface area contributed by atoms with Crippen LogP contribution >= 0.6 is 22.9 Å². The summed E-state index contributed by atoms with van der Waals surface area (Å²) in [6.07, 6.45) is 3.15. The second-order valence-electron chi connectivity index (χ2n) is 3.69. The zero-order valence-electron chi connectivity index (χ0n) is 10.2. The van der Waals surface area contributed by atoms with E-state index in [1.165, 1.54) is 17.4 Å². The Morgan fingerprint density at radius 3 is 2.75 bits per heavy atom. The molecule has 20 heavy (non-hydrogen) atoms. The minimum Gasteiger partial charge on any atom is -0.487 e. The molecule has 0 bridgehead atoms. The van der Waals surface area contributed by atoms with Crippen molar-refractivity contribution in [2.24, 2.45) is 0 Å². The van der Waals surface area contributed by atoms with E-state index in [9.17, 15) is 0 Å². The number of nitrogens with zero attached hydrogens (tertiary/aromatic N) is 3. The van der Waals surface area contributed by atoms with E-state index in [-0.39, 0.29) is 5.57 Å². The van der Waals surface area contributed by atoms with Crippen molar-refractivity contribution in [3.8, 4) is 17.9 Å². The fourth-order valence-corrected chi connectivity index (χ4v) is 2.37. The average molecular weight is 302 g/mol. The second-order valence-corrected chi connectivity index (χ2v) is 5.38.